The van der Waals surface area contributed by atoms with Crippen LogP contribution in [0.5, 0.6) is 0 Å². The molecule has 0 aliphatic carbocycles. The van der Waals surface area contributed by atoms with Gasteiger partial charge in [-0.15, -0.1) is 115 Å². The number of nitrogens with zero attached hydrogens (tertiary/aromatic N) is 9. The molecule has 5 aromatic carbocycles. The van der Waals surface area contributed by atoms with Crippen LogP contribution in [0.2, 0.25) is 0 Å². The molecule has 24 heteroatoms. The minimum absolute atomic E-state index is 0. The summed E-state index contributed by atoms with van der Waals surface area (Å²) in [6.45, 7) is 27.5. The van der Waals surface area contributed by atoms with Gasteiger partial charge >= 0.3 is 0 Å². The van der Waals surface area contributed by atoms with E-state index in [4.69, 9.17) is 27.0 Å². The van der Waals surface area contributed by atoms with Crippen molar-refractivity contribution in [2.24, 2.45) is 0 Å². The van der Waals surface area contributed by atoms with Gasteiger partial charge < -0.3 is 71.1 Å². The molecule has 1 atom stereocenters. The Morgan fingerprint density at radius 3 is 0.961 bits per heavy atom. The summed E-state index contributed by atoms with van der Waals surface area (Å²) in [5.41, 5.74) is 16.8. The van der Waals surface area contributed by atoms with Crippen molar-refractivity contribution in [1.82, 2.24) is 19.6 Å². The van der Waals surface area contributed by atoms with Crippen molar-refractivity contribution in [2.45, 2.75) is 177 Å². The predicted octanol–water partition coefficient (Wildman–Crippen LogP) is 26.4. The SMILES string of the molecule is C.C.C.C.CCCCCCN1CCSc2cc(CC(=N)c3cccs3)ccc21.CCN(CC)CCN1CCSc2cc(CC(=N)c3cccs3)ccc21.CN(C)CCN1CCSc2cc(CC(=N)c3cccs3)ccc21.CN1CCCC1CCN1CCSc2cc(CC(=N)c3cccs3)ccc21.N=C(Cc1ccc2c(c1)SCCN2CCN1CCCCC1)c1cccs1. The highest BCUT2D eigenvalue weighted by atomic mass is 32.2. The monoisotopic (exact) mass is 1910 g/mol. The van der Waals surface area contributed by atoms with Crippen molar-refractivity contribution in [3.05, 3.63) is 231 Å². The third kappa shape index (κ3) is 31.3. The number of thioether (sulfide) groups is 5. The zero-order valence-corrected chi connectivity index (χ0v) is 82.0. The molecule has 0 spiro atoms. The van der Waals surface area contributed by atoms with Crippen LogP contribution < -0.4 is 24.5 Å². The molecule has 14 nitrogen and oxygen atoms in total. The van der Waals surface area contributed by atoms with Gasteiger partial charge in [0.05, 0.1) is 57.0 Å². The lowest BCUT2D eigenvalue weighted by Gasteiger charge is -2.34. The van der Waals surface area contributed by atoms with E-state index in [1.54, 1.807) is 56.7 Å². The normalized spacial score (nSPS) is 15.6. The molecule has 0 amide bonds. The Morgan fingerprint density at radius 2 is 0.664 bits per heavy atom. The summed E-state index contributed by atoms with van der Waals surface area (Å²) in [6, 6.07) is 55.0. The summed E-state index contributed by atoms with van der Waals surface area (Å²) >= 11 is 18.1. The van der Waals surface area contributed by atoms with Crippen LogP contribution in [0.1, 0.15) is 167 Å². The molecule has 7 aliphatic rings. The minimum atomic E-state index is 0. The van der Waals surface area contributed by atoms with Gasteiger partial charge in [-0.2, -0.15) is 0 Å². The highest BCUT2D eigenvalue weighted by Crippen LogP contribution is 2.42. The fourth-order valence-corrected chi connectivity index (χ4v) is 25.9. The van der Waals surface area contributed by atoms with E-state index >= 15 is 0 Å². The molecule has 7 aliphatic heterocycles. The molecule has 5 aromatic heterocycles. The first-order valence-corrected chi connectivity index (χ1v) is 54.3. The third-order valence-electron chi connectivity index (χ3n) is 24.1. The van der Waals surface area contributed by atoms with E-state index in [0.717, 1.165) is 163 Å². The summed E-state index contributed by atoms with van der Waals surface area (Å²) in [5, 5.41) is 51.7. The second-order valence-corrected chi connectivity index (χ2v) is 43.6. The maximum Gasteiger partial charge on any atom is 0.0529 e. The summed E-state index contributed by atoms with van der Waals surface area (Å²) < 4.78 is 0. The average molecular weight is 1910 g/mol. The number of hydrogen-bond donors (Lipinski definition) is 5. The average Bonchev–Trinajstić information content (AvgIpc) is 1.02. The summed E-state index contributed by atoms with van der Waals surface area (Å²) in [6.07, 6.45) is 17.0. The number of piperidine rings is 1. The molecule has 2 saturated heterocycles. The molecular weight excluding hydrogens is 1770 g/mol. The Morgan fingerprint density at radius 1 is 0.344 bits per heavy atom. The van der Waals surface area contributed by atoms with E-state index < -0.39 is 0 Å². The smallest absolute Gasteiger partial charge is 0.0529 e. The quantitative estimate of drug-likeness (QED) is 0.0192. The zero-order valence-electron chi connectivity index (χ0n) is 73.9. The van der Waals surface area contributed by atoms with E-state index in [1.165, 1.54) is 195 Å². The predicted molar refractivity (Wildman–Crippen MR) is 579 cm³/mol. The number of rotatable bonds is 34. The fraction of sp³-hybridized carbons (Fsp3) is 0.471. The van der Waals surface area contributed by atoms with Gasteiger partial charge in [-0.3, -0.25) is 0 Å². The van der Waals surface area contributed by atoms with E-state index in [2.05, 4.69) is 177 Å². The second kappa shape index (κ2) is 55.3. The van der Waals surface area contributed by atoms with Crippen molar-refractivity contribution in [3.63, 3.8) is 0 Å². The standard InChI is InChI=1S/2C21H27N3S2.C20H27N3S2.C20H26N2S2.C18H23N3S2.4CH4/c1-23-9-2-4-17(23)8-10-24-11-13-26-21-15-16(6-7-19(21)24)14-18(22)20-5-3-12-25-20;22-18(20-5-4-13-25-20)15-17-6-7-19-21(16-17)26-14-12-24(19)11-10-23-8-2-1-3-9-23;1-3-22(4-2)9-10-23-11-13-25-20-15-16(7-8-18(20)23)14-17(21)19-6-5-12-24-19;1-2-3-4-5-10-22-11-13-24-20-15-16(8-9-18(20)22)14-17(21)19-7-6-12-23-19;1-20(2)7-8-21-9-11-23-18-13-14(5-6-16(18)21)12-15(19)17-4-3-10-22-17;;;;/h3,5-7,12,15,17,22H,2,4,8-11,13-14H2,1H3;4-7,13,16,22H,1-3,8-12,14-15H2;5-8,12,15,21H,3-4,9-11,13-14H2,1-2H3;6-9,12,15,21H,2-5,10-11,13-14H2,1H3;3-6,10,13,19H,7-9,11-12H2,1-2H3;4*1H4. The first-order chi connectivity index (χ1) is 60.6. The van der Waals surface area contributed by atoms with Gasteiger partial charge in [-0.05, 0) is 238 Å². The summed E-state index contributed by atoms with van der Waals surface area (Å²) in [5.74, 6) is 5.80. The van der Waals surface area contributed by atoms with Gasteiger partial charge in [-0.1, -0.05) is 137 Å². The van der Waals surface area contributed by atoms with Crippen LogP contribution in [0.15, 0.2) is 203 Å². The molecule has 12 heterocycles. The molecule has 2 fully saturated rings. The Balaban J connectivity index is 0.000000179. The van der Waals surface area contributed by atoms with Crippen molar-refractivity contribution < 1.29 is 0 Å². The lowest BCUT2D eigenvalue weighted by molar-refractivity contribution is 0.233. The van der Waals surface area contributed by atoms with Crippen molar-refractivity contribution >= 4 is 172 Å². The van der Waals surface area contributed by atoms with Gasteiger partial charge in [0, 0.05) is 201 Å². The first-order valence-electron chi connectivity index (χ1n) is 45.0. The maximum atomic E-state index is 8.33. The van der Waals surface area contributed by atoms with Gasteiger partial charge in [0.2, 0.25) is 0 Å². The molecule has 0 bridgehead atoms. The van der Waals surface area contributed by atoms with E-state index in [9.17, 15) is 0 Å². The summed E-state index contributed by atoms with van der Waals surface area (Å²) in [7, 11) is 6.52. The molecule has 128 heavy (non-hydrogen) atoms. The van der Waals surface area contributed by atoms with Gasteiger partial charge in [0.25, 0.3) is 0 Å². The van der Waals surface area contributed by atoms with Crippen LogP contribution in [0.3, 0.4) is 0 Å². The third-order valence-corrected chi connectivity index (χ3v) is 33.9. The van der Waals surface area contributed by atoms with Crippen LogP contribution in [-0.2, 0) is 32.1 Å². The number of unbranched alkanes of at least 4 members (excludes halogenated alkanes) is 3. The Hall–Kier alpha value is -6.46. The maximum absolute atomic E-state index is 8.33. The van der Waals surface area contributed by atoms with E-state index in [1.807, 2.05) is 146 Å². The molecule has 1 unspecified atom stereocenters. The topological polar surface area (TPSA) is 148 Å². The fourth-order valence-electron chi connectivity index (χ4n) is 17.0. The molecule has 17 rings (SSSR count). The van der Waals surface area contributed by atoms with Crippen LogP contribution in [0, 0.1) is 27.0 Å². The largest absolute Gasteiger partial charge is 0.370 e. The number of hydrogen-bond acceptors (Lipinski definition) is 24. The first kappa shape index (κ1) is 105. The molecule has 10 aromatic rings. The molecular formula is C104H146N14S10. The number of fused-ring (bicyclic) bond motifs is 5. The lowest BCUT2D eigenvalue weighted by Crippen LogP contribution is -2.39. The van der Waals surface area contributed by atoms with Crippen LogP contribution in [0.25, 0.3) is 0 Å². The van der Waals surface area contributed by atoms with E-state index in [-0.39, 0.29) is 29.7 Å². The van der Waals surface area contributed by atoms with Crippen molar-refractivity contribution in [3.8, 4) is 0 Å². The minimum Gasteiger partial charge on any atom is -0.370 e. The molecule has 692 valence electrons. The number of benzene rings is 5. The van der Waals surface area contributed by atoms with Crippen LogP contribution >= 0.6 is 115 Å². The van der Waals surface area contributed by atoms with Crippen molar-refractivity contribution in [1.29, 1.82) is 27.0 Å². The Bertz CT molecular complexity index is 4940. The van der Waals surface area contributed by atoms with Crippen LogP contribution in [0.4, 0.5) is 28.4 Å². The number of anilines is 5. The molecule has 0 radical (unpaired) electrons. The highest BCUT2D eigenvalue weighted by Gasteiger charge is 2.27. The van der Waals surface area contributed by atoms with Gasteiger partial charge in [0.1, 0.15) is 0 Å². The number of likely N-dealkylation sites (N-methyl/N-ethyl adjacent to an activating group) is 2. The Labute approximate surface area is 812 Å². The van der Waals surface area contributed by atoms with Crippen molar-refractivity contribution in [2.75, 3.05) is 192 Å². The summed E-state index contributed by atoms with van der Waals surface area (Å²) in [4.78, 5) is 34.9. The number of thiophene rings is 5. The lowest BCUT2D eigenvalue weighted by atomic mass is 10.1. The van der Waals surface area contributed by atoms with Gasteiger partial charge in [0.15, 0.2) is 0 Å². The van der Waals surface area contributed by atoms with Gasteiger partial charge in [-0.25, -0.2) is 0 Å². The zero-order chi connectivity index (χ0) is 86.4. The highest BCUT2D eigenvalue weighted by molar-refractivity contribution is 8.00. The van der Waals surface area contributed by atoms with Crippen LogP contribution in [-0.4, -0.2) is 222 Å². The molecule has 0 saturated carbocycles. The van der Waals surface area contributed by atoms with E-state index in [0.29, 0.717) is 24.3 Å². The molecule has 5 N–H and O–H groups in total. The number of likely N-dealkylation sites (tertiary alicyclic amines) is 2. The Kier molecular flexibility index (Phi) is 45.4. The second-order valence-electron chi connectivity index (χ2n) is 33.2. The number of nitrogens with one attached hydrogen (secondary N) is 5.